The summed E-state index contributed by atoms with van der Waals surface area (Å²) in [5.74, 6) is 0.463. The van der Waals surface area contributed by atoms with Crippen molar-refractivity contribution < 1.29 is 8.42 Å². The average molecular weight is 286 g/mol. The van der Waals surface area contributed by atoms with Crippen LogP contribution in [0.3, 0.4) is 0 Å². The highest BCUT2D eigenvalue weighted by atomic mass is 32.2. The lowest BCUT2D eigenvalue weighted by atomic mass is 10.3. The van der Waals surface area contributed by atoms with Gasteiger partial charge in [0.15, 0.2) is 0 Å². The second-order valence-electron chi connectivity index (χ2n) is 4.78. The van der Waals surface area contributed by atoms with E-state index in [0.29, 0.717) is 5.92 Å². The van der Waals surface area contributed by atoms with Crippen molar-refractivity contribution in [1.82, 2.24) is 18.8 Å². The zero-order chi connectivity index (χ0) is 14.0. The van der Waals surface area contributed by atoms with E-state index in [-0.39, 0.29) is 18.6 Å². The first-order chi connectivity index (χ1) is 8.90. The van der Waals surface area contributed by atoms with Gasteiger partial charge in [-0.3, -0.25) is 4.79 Å². The van der Waals surface area contributed by atoms with Crippen LogP contribution in [0.1, 0.15) is 24.5 Å². The van der Waals surface area contributed by atoms with Gasteiger partial charge in [-0.15, -0.1) is 0 Å². The van der Waals surface area contributed by atoms with E-state index in [2.05, 4.69) is 9.82 Å². The minimum Gasteiger partial charge on any atom is -0.268 e. The van der Waals surface area contributed by atoms with Gasteiger partial charge in [0.05, 0.1) is 12.2 Å². The zero-order valence-corrected chi connectivity index (χ0v) is 11.9. The molecule has 0 bridgehead atoms. The van der Waals surface area contributed by atoms with Crippen LogP contribution < -0.4 is 10.3 Å². The SMILES string of the molecule is CN(C)S(=O)(=O)NCCn1nc(C2CC2)ccc1=O. The van der Waals surface area contributed by atoms with Crippen molar-refractivity contribution in [3.8, 4) is 0 Å². The van der Waals surface area contributed by atoms with E-state index < -0.39 is 10.2 Å². The molecule has 0 spiro atoms. The molecule has 0 saturated heterocycles. The Morgan fingerprint density at radius 2 is 2.11 bits per heavy atom. The Labute approximate surface area is 112 Å². The van der Waals surface area contributed by atoms with Gasteiger partial charge < -0.3 is 0 Å². The highest BCUT2D eigenvalue weighted by molar-refractivity contribution is 7.87. The molecule has 0 radical (unpaired) electrons. The highest BCUT2D eigenvalue weighted by Gasteiger charge is 2.25. The van der Waals surface area contributed by atoms with Crippen molar-refractivity contribution in [3.05, 3.63) is 28.2 Å². The number of nitrogens with one attached hydrogen (secondary N) is 1. The van der Waals surface area contributed by atoms with Gasteiger partial charge in [0.2, 0.25) is 0 Å². The van der Waals surface area contributed by atoms with Crippen molar-refractivity contribution in [1.29, 1.82) is 0 Å². The third-order valence-corrected chi connectivity index (χ3v) is 4.50. The molecule has 1 aliphatic rings. The molecule has 1 aromatic rings. The van der Waals surface area contributed by atoms with E-state index in [1.54, 1.807) is 6.07 Å². The minimum absolute atomic E-state index is 0.140. The quantitative estimate of drug-likeness (QED) is 0.765. The van der Waals surface area contributed by atoms with E-state index in [1.165, 1.54) is 24.8 Å². The molecule has 7 nitrogen and oxygen atoms in total. The molecular weight excluding hydrogens is 268 g/mol. The predicted molar refractivity (Wildman–Crippen MR) is 71.1 cm³/mol. The average Bonchev–Trinajstić information content (AvgIpc) is 3.15. The van der Waals surface area contributed by atoms with Gasteiger partial charge in [0.1, 0.15) is 0 Å². The summed E-state index contributed by atoms with van der Waals surface area (Å²) in [6, 6.07) is 3.24. The number of hydrogen-bond donors (Lipinski definition) is 1. The summed E-state index contributed by atoms with van der Waals surface area (Å²) in [6.07, 6.45) is 2.22. The van der Waals surface area contributed by atoms with Gasteiger partial charge in [0, 0.05) is 32.6 Å². The van der Waals surface area contributed by atoms with Crippen LogP contribution in [0.4, 0.5) is 0 Å². The molecule has 1 aromatic heterocycles. The van der Waals surface area contributed by atoms with E-state index in [4.69, 9.17) is 0 Å². The van der Waals surface area contributed by atoms with E-state index in [0.717, 1.165) is 22.8 Å². The van der Waals surface area contributed by atoms with Crippen molar-refractivity contribution >= 4 is 10.2 Å². The van der Waals surface area contributed by atoms with Crippen molar-refractivity contribution in [3.63, 3.8) is 0 Å². The first-order valence-electron chi connectivity index (χ1n) is 6.15. The molecule has 1 fully saturated rings. The first kappa shape index (κ1) is 14.2. The van der Waals surface area contributed by atoms with Crippen LogP contribution in [0, 0.1) is 0 Å². The number of nitrogens with zero attached hydrogens (tertiary/aromatic N) is 3. The molecule has 1 saturated carbocycles. The predicted octanol–water partition coefficient (Wildman–Crippen LogP) is -0.483. The van der Waals surface area contributed by atoms with Crippen molar-refractivity contribution in [2.24, 2.45) is 0 Å². The lowest BCUT2D eigenvalue weighted by molar-refractivity contribution is 0.492. The lowest BCUT2D eigenvalue weighted by Gasteiger charge is -2.12. The third kappa shape index (κ3) is 3.62. The molecule has 0 unspecified atom stereocenters. The molecule has 1 N–H and O–H groups in total. The van der Waals surface area contributed by atoms with Gasteiger partial charge in [-0.1, -0.05) is 0 Å². The minimum atomic E-state index is -3.46. The molecule has 1 heterocycles. The summed E-state index contributed by atoms with van der Waals surface area (Å²) in [5.41, 5.74) is 0.698. The van der Waals surface area contributed by atoms with Crippen LogP contribution in [-0.2, 0) is 16.8 Å². The topological polar surface area (TPSA) is 84.3 Å². The number of aromatic nitrogens is 2. The summed E-state index contributed by atoms with van der Waals surface area (Å²) in [5, 5.41) is 4.25. The second kappa shape index (κ2) is 5.40. The number of hydrogen-bond acceptors (Lipinski definition) is 4. The monoisotopic (exact) mass is 286 g/mol. The molecule has 8 heteroatoms. The van der Waals surface area contributed by atoms with Gasteiger partial charge in [-0.05, 0) is 18.9 Å². The highest BCUT2D eigenvalue weighted by Crippen LogP contribution is 2.38. The largest absolute Gasteiger partial charge is 0.278 e. The normalized spacial score (nSPS) is 15.9. The fourth-order valence-corrected chi connectivity index (χ4v) is 2.24. The molecule has 19 heavy (non-hydrogen) atoms. The molecule has 1 aliphatic carbocycles. The Balaban J connectivity index is 1.99. The van der Waals surface area contributed by atoms with E-state index >= 15 is 0 Å². The summed E-state index contributed by atoms with van der Waals surface area (Å²) in [4.78, 5) is 11.6. The lowest BCUT2D eigenvalue weighted by Crippen LogP contribution is -2.38. The number of rotatable bonds is 6. The molecule has 0 aromatic carbocycles. The molecule has 2 rings (SSSR count). The van der Waals surface area contributed by atoms with Gasteiger partial charge in [-0.2, -0.15) is 17.8 Å². The van der Waals surface area contributed by atoms with Crippen LogP contribution in [-0.4, -0.2) is 43.1 Å². The Hall–Kier alpha value is -1.25. The standard InChI is InChI=1S/C11H18N4O3S/c1-14(2)19(17,18)12-7-8-15-11(16)6-5-10(13-15)9-3-4-9/h5-6,9,12H,3-4,7-8H2,1-2H3. The molecule has 106 valence electrons. The first-order valence-corrected chi connectivity index (χ1v) is 7.59. The molecular formula is C11H18N4O3S. The fraction of sp³-hybridized carbons (Fsp3) is 0.636. The van der Waals surface area contributed by atoms with Gasteiger partial charge in [-0.25, -0.2) is 9.40 Å². The van der Waals surface area contributed by atoms with Crippen molar-refractivity contribution in [2.45, 2.75) is 25.3 Å². The van der Waals surface area contributed by atoms with E-state index in [9.17, 15) is 13.2 Å². The van der Waals surface area contributed by atoms with Crippen LogP contribution in [0.2, 0.25) is 0 Å². The molecule has 0 atom stereocenters. The third-order valence-electron chi connectivity index (χ3n) is 2.97. The summed E-state index contributed by atoms with van der Waals surface area (Å²) in [7, 11) is -0.565. The molecule has 0 amide bonds. The Bertz CT molecular complexity index is 605. The maximum Gasteiger partial charge on any atom is 0.278 e. The van der Waals surface area contributed by atoms with Crippen LogP contribution in [0.25, 0.3) is 0 Å². The van der Waals surface area contributed by atoms with Crippen LogP contribution in [0.5, 0.6) is 0 Å². The Kier molecular flexibility index (Phi) is 4.02. The van der Waals surface area contributed by atoms with Gasteiger partial charge >= 0.3 is 0 Å². The van der Waals surface area contributed by atoms with Crippen molar-refractivity contribution in [2.75, 3.05) is 20.6 Å². The van der Waals surface area contributed by atoms with Gasteiger partial charge in [0.25, 0.3) is 15.8 Å². The Morgan fingerprint density at radius 3 is 2.68 bits per heavy atom. The maximum absolute atomic E-state index is 11.6. The maximum atomic E-state index is 11.6. The Morgan fingerprint density at radius 1 is 1.42 bits per heavy atom. The van der Waals surface area contributed by atoms with Crippen LogP contribution in [0.15, 0.2) is 16.9 Å². The smallest absolute Gasteiger partial charge is 0.268 e. The second-order valence-corrected chi connectivity index (χ2v) is 6.74. The molecule has 0 aliphatic heterocycles. The van der Waals surface area contributed by atoms with E-state index in [1.807, 2.05) is 0 Å². The summed E-state index contributed by atoms with van der Waals surface area (Å²) < 4.78 is 27.8. The zero-order valence-electron chi connectivity index (χ0n) is 11.0. The van der Waals surface area contributed by atoms with Crippen LogP contribution >= 0.6 is 0 Å². The summed E-state index contributed by atoms with van der Waals surface area (Å²) >= 11 is 0. The fourth-order valence-electron chi connectivity index (χ4n) is 1.63. The summed E-state index contributed by atoms with van der Waals surface area (Å²) in [6.45, 7) is 0.369.